The molecule has 1 heterocycles. The van der Waals surface area contributed by atoms with Crippen molar-refractivity contribution >= 4 is 41.5 Å². The van der Waals surface area contributed by atoms with E-state index < -0.39 is 59.0 Å². The van der Waals surface area contributed by atoms with Gasteiger partial charge in [0, 0.05) is 18.5 Å². The summed E-state index contributed by atoms with van der Waals surface area (Å²) >= 11 is 0. The molecule has 5 amide bonds. The van der Waals surface area contributed by atoms with Crippen molar-refractivity contribution in [3.8, 4) is 5.75 Å². The standard InChI is InChI=1S/C44H64N6O7/c1-8-18-33(37(51)42(55)49-57-31-22-14-11-15-23-31)46-40(53)35-26-30-21-16-17-24-34(30)50(35)43(56)38(44(5,6)7)48-41(54)36(29-19-12-10-13-20-29)47-39(52)32(28(3)4)27-45-25-9-2/h9,11,14-15,22-23,25,27,29-30,33-36,38H,8,10,12-13,16-21,24,26H2,1-7H3,(H,46,53)(H,47,52)(H,48,54)(H,49,55)/b25-9-,45-27?/t30?,33-,34?,35?,36?,38+/m0/s1. The number of hydroxylamine groups is 1. The molecule has 2 saturated carbocycles. The molecule has 3 fully saturated rings. The molecular weight excluding hydrogens is 725 g/mol. The Labute approximate surface area is 338 Å². The molecule has 312 valence electrons. The molecule has 13 nitrogen and oxygen atoms in total. The first-order valence-electron chi connectivity index (χ1n) is 20.8. The van der Waals surface area contributed by atoms with E-state index in [0.29, 0.717) is 30.6 Å². The van der Waals surface area contributed by atoms with E-state index in [1.54, 1.807) is 47.5 Å². The minimum absolute atomic E-state index is 0.0682. The highest BCUT2D eigenvalue weighted by Crippen LogP contribution is 2.41. The number of nitrogens with one attached hydrogen (secondary N) is 4. The average molecular weight is 789 g/mol. The number of hydrogen-bond donors (Lipinski definition) is 4. The lowest BCUT2D eigenvalue weighted by Crippen LogP contribution is -2.63. The van der Waals surface area contributed by atoms with Crippen LogP contribution in [0.4, 0.5) is 0 Å². The Kier molecular flexibility index (Phi) is 16.6. The Morgan fingerprint density at radius 3 is 2.19 bits per heavy atom. The maximum Gasteiger partial charge on any atom is 0.322 e. The predicted molar refractivity (Wildman–Crippen MR) is 220 cm³/mol. The fourth-order valence-electron chi connectivity index (χ4n) is 8.37. The van der Waals surface area contributed by atoms with Crippen molar-refractivity contribution in [1.29, 1.82) is 0 Å². The number of carbonyl (C=O) groups excluding carboxylic acids is 6. The van der Waals surface area contributed by atoms with E-state index in [1.807, 2.05) is 48.5 Å². The van der Waals surface area contributed by atoms with Crippen LogP contribution in [0, 0.1) is 17.3 Å². The highest BCUT2D eigenvalue weighted by atomic mass is 16.7. The van der Waals surface area contributed by atoms with E-state index in [1.165, 1.54) is 6.21 Å². The second-order valence-corrected chi connectivity index (χ2v) is 17.0. The van der Waals surface area contributed by atoms with Crippen molar-refractivity contribution < 1.29 is 33.6 Å². The van der Waals surface area contributed by atoms with Gasteiger partial charge in [0.15, 0.2) is 5.75 Å². The largest absolute Gasteiger partial charge is 0.379 e. The number of likely N-dealkylation sites (tertiary alicyclic amines) is 1. The smallest absolute Gasteiger partial charge is 0.322 e. The number of ketones is 1. The van der Waals surface area contributed by atoms with Gasteiger partial charge in [-0.3, -0.25) is 33.8 Å². The van der Waals surface area contributed by atoms with E-state index >= 15 is 4.79 Å². The molecule has 0 bridgehead atoms. The van der Waals surface area contributed by atoms with Crippen molar-refractivity contribution in [2.45, 2.75) is 156 Å². The van der Waals surface area contributed by atoms with Gasteiger partial charge in [0.25, 0.3) is 5.91 Å². The summed E-state index contributed by atoms with van der Waals surface area (Å²) in [5.41, 5.74) is 2.52. The van der Waals surface area contributed by atoms with E-state index in [4.69, 9.17) is 4.84 Å². The van der Waals surface area contributed by atoms with Crippen LogP contribution in [0.25, 0.3) is 0 Å². The first kappa shape index (κ1) is 44.9. The number of benzene rings is 1. The molecule has 0 aromatic heterocycles. The Balaban J connectivity index is 1.59. The lowest BCUT2D eigenvalue weighted by Gasteiger charge is -2.40. The summed E-state index contributed by atoms with van der Waals surface area (Å²) in [5.74, 6) is -3.31. The lowest BCUT2D eigenvalue weighted by molar-refractivity contribution is -0.148. The van der Waals surface area contributed by atoms with Gasteiger partial charge in [0.2, 0.25) is 23.5 Å². The number of allylic oxidation sites excluding steroid dienone is 2. The molecule has 1 saturated heterocycles. The van der Waals surface area contributed by atoms with Crippen LogP contribution < -0.4 is 26.3 Å². The van der Waals surface area contributed by atoms with Gasteiger partial charge in [0.05, 0.1) is 11.6 Å². The maximum atomic E-state index is 15.0. The van der Waals surface area contributed by atoms with Crippen LogP contribution in [-0.4, -0.2) is 76.6 Å². The number of fused-ring (bicyclic) bond motifs is 1. The molecule has 13 heteroatoms. The monoisotopic (exact) mass is 788 g/mol. The molecule has 4 unspecified atom stereocenters. The van der Waals surface area contributed by atoms with Gasteiger partial charge in [-0.1, -0.05) is 96.1 Å². The van der Waals surface area contributed by atoms with E-state index in [2.05, 4.69) is 26.4 Å². The predicted octanol–water partition coefficient (Wildman–Crippen LogP) is 5.65. The van der Waals surface area contributed by atoms with Crippen LogP contribution in [0.5, 0.6) is 5.75 Å². The van der Waals surface area contributed by atoms with Gasteiger partial charge in [0.1, 0.15) is 18.1 Å². The minimum atomic E-state index is -1.13. The van der Waals surface area contributed by atoms with Crippen molar-refractivity contribution in [3.63, 3.8) is 0 Å². The van der Waals surface area contributed by atoms with E-state index in [9.17, 15) is 24.0 Å². The zero-order chi connectivity index (χ0) is 41.7. The molecule has 6 atom stereocenters. The number of nitrogens with zero attached hydrogens (tertiary/aromatic N) is 2. The quantitative estimate of drug-likeness (QED) is 0.0725. The Morgan fingerprint density at radius 1 is 0.895 bits per heavy atom. The molecule has 1 aliphatic heterocycles. The fourth-order valence-corrected chi connectivity index (χ4v) is 8.37. The highest BCUT2D eigenvalue weighted by molar-refractivity contribution is 6.38. The third-order valence-corrected chi connectivity index (χ3v) is 11.4. The SMILES string of the molecule is C/C=C\N=CC(C(=O)NC(C(=O)N[C@H](C(=O)N1C(C(=O)N[C@@H](CCC)C(=O)C(=O)NOc2ccccc2)CC2CCCCC21)C(C)(C)C)C1CCCCC1)=C(C)C. The van der Waals surface area contributed by atoms with Crippen LogP contribution >= 0.6 is 0 Å². The zero-order valence-corrected chi connectivity index (χ0v) is 34.9. The van der Waals surface area contributed by atoms with Crippen LogP contribution in [0.2, 0.25) is 0 Å². The van der Waals surface area contributed by atoms with Crippen molar-refractivity contribution in [1.82, 2.24) is 26.3 Å². The summed E-state index contributed by atoms with van der Waals surface area (Å²) in [6.07, 6.45) is 13.8. The summed E-state index contributed by atoms with van der Waals surface area (Å²) in [6, 6.07) is 4.31. The number of hydrogen-bond acceptors (Lipinski definition) is 8. The van der Waals surface area contributed by atoms with Gasteiger partial charge in [-0.15, -0.1) is 0 Å². The van der Waals surface area contributed by atoms with Crippen LogP contribution in [0.1, 0.15) is 126 Å². The first-order chi connectivity index (χ1) is 27.2. The molecule has 2 aliphatic carbocycles. The van der Waals surface area contributed by atoms with Gasteiger partial charge in [-0.2, -0.15) is 5.48 Å². The van der Waals surface area contributed by atoms with Crippen LogP contribution in [0.15, 0.2) is 58.7 Å². The van der Waals surface area contributed by atoms with Crippen LogP contribution in [0.3, 0.4) is 0 Å². The van der Waals surface area contributed by atoms with Gasteiger partial charge < -0.3 is 25.7 Å². The van der Waals surface area contributed by atoms with Gasteiger partial charge >= 0.3 is 5.91 Å². The number of carbonyl (C=O) groups is 6. The molecule has 0 radical (unpaired) electrons. The Morgan fingerprint density at radius 2 is 1.56 bits per heavy atom. The Bertz CT molecular complexity index is 1670. The molecule has 4 N–H and O–H groups in total. The lowest BCUT2D eigenvalue weighted by atomic mass is 9.81. The fraction of sp³-hybridized carbons (Fsp3) is 0.614. The number of para-hydroxylation sites is 1. The second kappa shape index (κ2) is 21.1. The summed E-state index contributed by atoms with van der Waals surface area (Å²) in [7, 11) is 0. The van der Waals surface area contributed by atoms with E-state index in [-0.39, 0.29) is 30.2 Å². The number of Topliss-reactive ketones (excluding diaryl/α,β-unsaturated/α-hetero) is 1. The summed E-state index contributed by atoms with van der Waals surface area (Å²) < 4.78 is 0. The topological polar surface area (TPSA) is 175 Å². The van der Waals surface area contributed by atoms with Crippen LogP contribution in [-0.2, 0) is 28.8 Å². The number of rotatable bonds is 16. The highest BCUT2D eigenvalue weighted by Gasteiger charge is 2.51. The summed E-state index contributed by atoms with van der Waals surface area (Å²) in [4.78, 5) is 94.9. The second-order valence-electron chi connectivity index (χ2n) is 17.0. The molecular formula is C44H64N6O7. The summed E-state index contributed by atoms with van der Waals surface area (Å²) in [5, 5.41) is 8.91. The van der Waals surface area contributed by atoms with E-state index in [0.717, 1.165) is 56.9 Å². The van der Waals surface area contributed by atoms with Gasteiger partial charge in [-0.25, -0.2) is 0 Å². The third-order valence-electron chi connectivity index (χ3n) is 11.4. The molecule has 1 aromatic carbocycles. The normalized spacial score (nSPS) is 21.5. The summed E-state index contributed by atoms with van der Waals surface area (Å²) in [6.45, 7) is 12.9. The van der Waals surface area contributed by atoms with Gasteiger partial charge in [-0.05, 0) is 88.7 Å². The minimum Gasteiger partial charge on any atom is -0.379 e. The average Bonchev–Trinajstić information content (AvgIpc) is 3.59. The first-order valence-corrected chi connectivity index (χ1v) is 20.8. The number of aliphatic imine (C=N–C) groups is 1. The molecule has 1 aromatic rings. The molecule has 4 rings (SSSR count). The van der Waals surface area contributed by atoms with Crippen molar-refractivity contribution in [2.24, 2.45) is 22.2 Å². The maximum absolute atomic E-state index is 15.0. The Hall–Kier alpha value is -4.81. The zero-order valence-electron chi connectivity index (χ0n) is 34.9. The molecule has 3 aliphatic rings. The van der Waals surface area contributed by atoms with Crippen molar-refractivity contribution in [2.75, 3.05) is 0 Å². The van der Waals surface area contributed by atoms with Crippen molar-refractivity contribution in [3.05, 3.63) is 53.8 Å². The third kappa shape index (κ3) is 12.1. The molecule has 57 heavy (non-hydrogen) atoms. The number of amides is 5. The molecule has 0 spiro atoms.